The van der Waals surface area contributed by atoms with Gasteiger partial charge in [-0.25, -0.2) is 0 Å². The molecule has 3 N–H and O–H groups in total. The molecule has 0 unspecified atom stereocenters. The minimum absolute atomic E-state index is 0.0922. The molecule has 0 bridgehead atoms. The minimum atomic E-state index is -1.25. The predicted octanol–water partition coefficient (Wildman–Crippen LogP) is 3.22. The number of hydrogen-bond acceptors (Lipinski definition) is 7. The van der Waals surface area contributed by atoms with Crippen LogP contribution in [-0.4, -0.2) is 44.6 Å². The molecule has 2 rings (SSSR count). The smallest absolute Gasteiger partial charge is 0.309 e. The van der Waals surface area contributed by atoms with Gasteiger partial charge in [-0.05, 0) is 45.4 Å². The summed E-state index contributed by atoms with van der Waals surface area (Å²) < 4.78 is 5.45. The van der Waals surface area contributed by atoms with Gasteiger partial charge in [0.1, 0.15) is 17.6 Å². The Bertz CT molecular complexity index is 902. The molecule has 7 heteroatoms. The fourth-order valence-electron chi connectivity index (χ4n) is 2.94. The van der Waals surface area contributed by atoms with E-state index in [0.29, 0.717) is 6.42 Å². The van der Waals surface area contributed by atoms with Gasteiger partial charge in [0.2, 0.25) is 0 Å². The van der Waals surface area contributed by atoms with Gasteiger partial charge in [-0.2, -0.15) is 0 Å². The van der Waals surface area contributed by atoms with Crippen molar-refractivity contribution in [3.63, 3.8) is 0 Å². The highest BCUT2D eigenvalue weighted by Crippen LogP contribution is 2.36. The number of Topliss-reactive ketones (excluding diaryl/α,β-unsaturated/α-hetero) is 1. The molecule has 2 atom stereocenters. The molecule has 0 aromatic heterocycles. The summed E-state index contributed by atoms with van der Waals surface area (Å²) in [6.07, 6.45) is 1.91. The van der Waals surface area contributed by atoms with E-state index in [1.165, 1.54) is 6.92 Å². The Morgan fingerprint density at radius 3 is 2.31 bits per heavy atom. The molecular weight excluding hydrogens is 376 g/mol. The lowest BCUT2D eigenvalue weighted by molar-refractivity contribution is -0.152. The van der Waals surface area contributed by atoms with Crippen molar-refractivity contribution in [3.8, 4) is 11.5 Å². The van der Waals surface area contributed by atoms with E-state index in [2.05, 4.69) is 0 Å². The summed E-state index contributed by atoms with van der Waals surface area (Å²) in [4.78, 5) is 37.9. The van der Waals surface area contributed by atoms with Gasteiger partial charge < -0.3 is 20.1 Å². The molecule has 0 radical (unpaired) electrons. The lowest BCUT2D eigenvalue weighted by atomic mass is 9.85. The van der Waals surface area contributed by atoms with Crippen molar-refractivity contribution in [1.29, 1.82) is 0 Å². The number of fused-ring (bicyclic) bond motifs is 1. The second-order valence-electron chi connectivity index (χ2n) is 7.67. The maximum absolute atomic E-state index is 13.0. The molecule has 0 saturated carbocycles. The van der Waals surface area contributed by atoms with E-state index < -0.39 is 40.7 Å². The lowest BCUT2D eigenvalue weighted by Gasteiger charge is -2.25. The maximum Gasteiger partial charge on any atom is 0.309 e. The van der Waals surface area contributed by atoms with Crippen LogP contribution in [-0.2, 0) is 9.53 Å². The number of ketones is 2. The number of aromatic hydroxyl groups is 2. The van der Waals surface area contributed by atoms with Crippen LogP contribution in [0.5, 0.6) is 11.5 Å². The number of phenols is 2. The van der Waals surface area contributed by atoms with Crippen LogP contribution in [0.25, 0.3) is 0 Å². The highest BCUT2D eigenvalue weighted by Gasteiger charge is 2.36. The van der Waals surface area contributed by atoms with E-state index in [1.807, 2.05) is 13.8 Å². The first kappa shape index (κ1) is 22.4. The molecule has 0 amide bonds. The lowest BCUT2D eigenvalue weighted by Crippen LogP contribution is -2.33. The van der Waals surface area contributed by atoms with Crippen molar-refractivity contribution in [1.82, 2.24) is 0 Å². The number of hydrogen-bond donors (Lipinski definition) is 3. The zero-order chi connectivity index (χ0) is 21.9. The van der Waals surface area contributed by atoms with E-state index in [4.69, 9.17) is 4.74 Å². The minimum Gasteiger partial charge on any atom is -0.507 e. The third-order valence-corrected chi connectivity index (χ3v) is 4.83. The molecule has 0 saturated heterocycles. The third kappa shape index (κ3) is 5.12. The second-order valence-corrected chi connectivity index (χ2v) is 7.67. The van der Waals surface area contributed by atoms with Crippen LogP contribution in [0.1, 0.15) is 67.7 Å². The third-order valence-electron chi connectivity index (χ3n) is 4.83. The fourth-order valence-corrected chi connectivity index (χ4v) is 2.94. The molecule has 0 spiro atoms. The number of carbonyl (C=O) groups excluding carboxylic acids is 3. The van der Waals surface area contributed by atoms with E-state index in [0.717, 1.165) is 23.8 Å². The van der Waals surface area contributed by atoms with E-state index in [-0.39, 0.29) is 29.5 Å². The quantitative estimate of drug-likeness (QED) is 0.364. The zero-order valence-electron chi connectivity index (χ0n) is 17.0. The molecule has 7 nitrogen and oxygen atoms in total. The SMILES string of the molecule is CC[C@](C)(O)CC(=O)O[C@H](CC=C(C)C)C1=CC(=O)c2c(O)ccc(O)c2C1=O. The van der Waals surface area contributed by atoms with Crippen LogP contribution in [0.2, 0.25) is 0 Å². The van der Waals surface area contributed by atoms with Crippen molar-refractivity contribution in [2.45, 2.75) is 58.7 Å². The van der Waals surface area contributed by atoms with Crippen LogP contribution in [0.15, 0.2) is 35.4 Å². The Balaban J connectivity index is 2.42. The summed E-state index contributed by atoms with van der Waals surface area (Å²) in [5.74, 6) is -2.93. The predicted molar refractivity (Wildman–Crippen MR) is 106 cm³/mol. The molecule has 0 heterocycles. The number of benzene rings is 1. The number of phenolic OH excluding ortho intramolecular Hbond substituents is 2. The summed E-state index contributed by atoms with van der Waals surface area (Å²) in [5, 5.41) is 30.1. The topological polar surface area (TPSA) is 121 Å². The van der Waals surface area contributed by atoms with Gasteiger partial charge in [0, 0.05) is 12.0 Å². The van der Waals surface area contributed by atoms with Crippen molar-refractivity contribution < 1.29 is 34.4 Å². The van der Waals surface area contributed by atoms with Crippen LogP contribution in [0.3, 0.4) is 0 Å². The number of ether oxygens (including phenoxy) is 1. The van der Waals surface area contributed by atoms with Gasteiger partial charge in [-0.15, -0.1) is 0 Å². The number of esters is 1. The van der Waals surface area contributed by atoms with Gasteiger partial charge in [-0.1, -0.05) is 18.6 Å². The Morgan fingerprint density at radius 2 is 1.76 bits per heavy atom. The highest BCUT2D eigenvalue weighted by molar-refractivity contribution is 6.27. The van der Waals surface area contributed by atoms with Gasteiger partial charge in [0.15, 0.2) is 11.6 Å². The van der Waals surface area contributed by atoms with Gasteiger partial charge in [0.25, 0.3) is 0 Å². The number of aliphatic hydroxyl groups is 1. The first-order chi connectivity index (χ1) is 13.5. The standard InChI is InChI=1S/C22H26O7/c1-5-22(4,28)11-18(26)29-17(9-6-12(2)3)13-10-16(25)19-14(23)7-8-15(24)20(19)21(13)27/h6-8,10,17,23-24,28H,5,9,11H2,1-4H3/t17-,22+/m1/s1. The number of carbonyl (C=O) groups is 3. The van der Waals surface area contributed by atoms with Gasteiger partial charge in [-0.3, -0.25) is 14.4 Å². The normalized spacial score (nSPS) is 16.4. The number of rotatable bonds is 7. The number of allylic oxidation sites excluding steroid dienone is 2. The Kier molecular flexibility index (Phi) is 6.64. The second kappa shape index (κ2) is 8.61. The Morgan fingerprint density at radius 1 is 1.17 bits per heavy atom. The monoisotopic (exact) mass is 402 g/mol. The maximum atomic E-state index is 13.0. The molecule has 1 aromatic carbocycles. The Labute approximate surface area is 169 Å². The zero-order valence-corrected chi connectivity index (χ0v) is 17.0. The van der Waals surface area contributed by atoms with Crippen LogP contribution >= 0.6 is 0 Å². The molecule has 1 aliphatic carbocycles. The molecule has 29 heavy (non-hydrogen) atoms. The molecule has 156 valence electrons. The first-order valence-corrected chi connectivity index (χ1v) is 9.37. The van der Waals surface area contributed by atoms with Crippen LogP contribution in [0.4, 0.5) is 0 Å². The van der Waals surface area contributed by atoms with Crippen molar-refractivity contribution in [3.05, 3.63) is 46.6 Å². The van der Waals surface area contributed by atoms with Crippen LogP contribution in [0, 0.1) is 0 Å². The summed E-state index contributed by atoms with van der Waals surface area (Å²) >= 11 is 0. The molecule has 1 aliphatic rings. The van der Waals surface area contributed by atoms with Crippen molar-refractivity contribution >= 4 is 17.5 Å². The van der Waals surface area contributed by atoms with Crippen molar-refractivity contribution in [2.75, 3.05) is 0 Å². The molecule has 0 fully saturated rings. The van der Waals surface area contributed by atoms with E-state index in [1.54, 1.807) is 13.0 Å². The largest absolute Gasteiger partial charge is 0.507 e. The van der Waals surface area contributed by atoms with Crippen molar-refractivity contribution in [2.24, 2.45) is 0 Å². The highest BCUT2D eigenvalue weighted by atomic mass is 16.5. The van der Waals surface area contributed by atoms with E-state index in [9.17, 15) is 29.7 Å². The van der Waals surface area contributed by atoms with Crippen LogP contribution < -0.4 is 0 Å². The average Bonchev–Trinajstić information content (AvgIpc) is 2.63. The van der Waals surface area contributed by atoms with Gasteiger partial charge >= 0.3 is 5.97 Å². The summed E-state index contributed by atoms with van der Waals surface area (Å²) in [5.41, 5.74) is -1.02. The molecule has 1 aromatic rings. The average molecular weight is 402 g/mol. The van der Waals surface area contributed by atoms with Gasteiger partial charge in [0.05, 0.1) is 23.1 Å². The molecule has 0 aliphatic heterocycles. The summed E-state index contributed by atoms with van der Waals surface area (Å²) in [6.45, 7) is 6.90. The first-order valence-electron chi connectivity index (χ1n) is 9.37. The Hall–Kier alpha value is -2.93. The molecular formula is C22H26O7. The summed E-state index contributed by atoms with van der Waals surface area (Å²) in [6, 6.07) is 2.25. The fraction of sp³-hybridized carbons (Fsp3) is 0.409. The van der Waals surface area contributed by atoms with E-state index >= 15 is 0 Å². The summed E-state index contributed by atoms with van der Waals surface area (Å²) in [7, 11) is 0.